The third-order valence-electron chi connectivity index (χ3n) is 0.564. The minimum absolute atomic E-state index is 0.199. The molecule has 1 N–H and O–H groups in total. The van der Waals surface area contributed by atoms with Gasteiger partial charge in [-0.15, -0.1) is 0 Å². The number of carbonyl (C=O) groups is 2. The van der Waals surface area contributed by atoms with E-state index in [4.69, 9.17) is 6.48 Å². The van der Waals surface area contributed by atoms with E-state index in [-0.39, 0.29) is 12.2 Å². The van der Waals surface area contributed by atoms with E-state index in [1.165, 1.54) is 6.92 Å². The molecule has 3 nitrogen and oxygen atoms in total. The molecule has 8 heavy (non-hydrogen) atoms. The van der Waals surface area contributed by atoms with Gasteiger partial charge in [0.25, 0.3) is 0 Å². The lowest BCUT2D eigenvalue weighted by Crippen LogP contribution is -1.98. The Morgan fingerprint density at radius 1 is 1.75 bits per heavy atom. The molecule has 0 aliphatic heterocycles. The topological polar surface area (TPSA) is 54.4 Å². The SMILES string of the molecule is [3H]C(CC(C)=O)C(=O)O. The Morgan fingerprint density at radius 3 is 2.38 bits per heavy atom. The summed E-state index contributed by atoms with van der Waals surface area (Å²) < 4.78 is 6.74. The number of hydrogen-bond donors (Lipinski definition) is 1. The summed E-state index contributed by atoms with van der Waals surface area (Å²) in [5.41, 5.74) is 0. The molecule has 0 amide bonds. The minimum atomic E-state index is -1.29. The van der Waals surface area contributed by atoms with Gasteiger partial charge in [0, 0.05) is 7.79 Å². The van der Waals surface area contributed by atoms with Crippen molar-refractivity contribution in [2.45, 2.75) is 19.7 Å². The number of carboxylic acids is 1. The lowest BCUT2D eigenvalue weighted by molar-refractivity contribution is -0.138. The Balaban J connectivity index is 3.63. The average molecular weight is 118 g/mol. The number of aliphatic carboxylic acids is 1. The fourth-order valence-corrected chi connectivity index (χ4v) is 0.231. The maximum atomic E-state index is 10.2. The molecular weight excluding hydrogens is 108 g/mol. The van der Waals surface area contributed by atoms with Crippen LogP contribution in [-0.4, -0.2) is 16.9 Å². The van der Waals surface area contributed by atoms with Crippen LogP contribution in [0, 0.1) is 0 Å². The van der Waals surface area contributed by atoms with Crippen molar-refractivity contribution in [3.05, 3.63) is 0 Å². The van der Waals surface area contributed by atoms with Crippen LogP contribution in [0.5, 0.6) is 0 Å². The summed E-state index contributed by atoms with van der Waals surface area (Å²) >= 11 is 0. The standard InChI is InChI=1S/C5H8O3/c1-4(6)2-3-5(7)8/h2-3H2,1H3,(H,7,8)/i3T. The van der Waals surface area contributed by atoms with Gasteiger partial charge < -0.3 is 9.90 Å². The smallest absolute Gasteiger partial charge is 0.303 e. The van der Waals surface area contributed by atoms with Crippen molar-refractivity contribution in [3.8, 4) is 0 Å². The van der Waals surface area contributed by atoms with E-state index in [2.05, 4.69) is 0 Å². The highest BCUT2D eigenvalue weighted by atomic mass is 16.4. The first-order valence-electron chi connectivity index (χ1n) is 2.76. The van der Waals surface area contributed by atoms with E-state index in [1.807, 2.05) is 0 Å². The Morgan fingerprint density at radius 2 is 2.25 bits per heavy atom. The van der Waals surface area contributed by atoms with Crippen molar-refractivity contribution in [2.24, 2.45) is 0 Å². The number of ketones is 1. The van der Waals surface area contributed by atoms with Gasteiger partial charge in [-0.05, 0) is 6.92 Å². The molecule has 0 radical (unpaired) electrons. The zero-order chi connectivity index (χ0) is 7.44. The fourth-order valence-electron chi connectivity index (χ4n) is 0.231. The molecule has 0 rings (SSSR count). The van der Waals surface area contributed by atoms with Gasteiger partial charge in [0.2, 0.25) is 0 Å². The van der Waals surface area contributed by atoms with Crippen LogP contribution < -0.4 is 0 Å². The van der Waals surface area contributed by atoms with Crippen molar-refractivity contribution in [1.29, 1.82) is 0 Å². The molecule has 0 aromatic heterocycles. The van der Waals surface area contributed by atoms with E-state index >= 15 is 0 Å². The third-order valence-corrected chi connectivity index (χ3v) is 0.564. The second-order valence-corrected chi connectivity index (χ2v) is 1.45. The van der Waals surface area contributed by atoms with Crippen LogP contribution in [0.4, 0.5) is 0 Å². The Hall–Kier alpha value is -0.860. The van der Waals surface area contributed by atoms with E-state index < -0.39 is 12.4 Å². The normalized spacial score (nSPS) is 14.4. The highest BCUT2D eigenvalue weighted by Crippen LogP contribution is 1.87. The van der Waals surface area contributed by atoms with Crippen molar-refractivity contribution in [1.82, 2.24) is 0 Å². The Kier molecular flexibility index (Phi) is 2.10. The minimum Gasteiger partial charge on any atom is -0.481 e. The predicted molar refractivity (Wildman–Crippen MR) is 27.6 cm³/mol. The van der Waals surface area contributed by atoms with E-state index in [0.717, 1.165) is 0 Å². The van der Waals surface area contributed by atoms with Crippen LogP contribution in [0.1, 0.15) is 21.1 Å². The van der Waals surface area contributed by atoms with Crippen molar-refractivity contribution in [3.63, 3.8) is 0 Å². The molecule has 3 heteroatoms. The van der Waals surface area contributed by atoms with Crippen molar-refractivity contribution >= 4 is 11.8 Å². The molecule has 0 fully saturated rings. The molecule has 0 bridgehead atoms. The van der Waals surface area contributed by atoms with Gasteiger partial charge in [-0.25, -0.2) is 0 Å². The summed E-state index contributed by atoms with van der Waals surface area (Å²) in [6.45, 7) is 1.27. The van der Waals surface area contributed by atoms with E-state index in [9.17, 15) is 9.59 Å². The van der Waals surface area contributed by atoms with Gasteiger partial charge >= 0.3 is 5.97 Å². The van der Waals surface area contributed by atoms with Crippen LogP contribution in [-0.2, 0) is 9.59 Å². The van der Waals surface area contributed by atoms with Crippen LogP contribution in [0.15, 0.2) is 0 Å². The summed E-state index contributed by atoms with van der Waals surface area (Å²) in [5.74, 6) is -1.51. The van der Waals surface area contributed by atoms with Gasteiger partial charge in [-0.2, -0.15) is 0 Å². The molecule has 0 aromatic carbocycles. The summed E-state index contributed by atoms with van der Waals surface area (Å²) in [5, 5.41) is 8.09. The van der Waals surface area contributed by atoms with Gasteiger partial charge in [0.05, 0.1) is 6.40 Å². The van der Waals surface area contributed by atoms with Crippen LogP contribution in [0.25, 0.3) is 0 Å². The molecule has 0 heterocycles. The number of carboxylic acid groups (broad SMARTS) is 1. The van der Waals surface area contributed by atoms with E-state index in [0.29, 0.717) is 0 Å². The monoisotopic (exact) mass is 118 g/mol. The first-order chi connectivity index (χ1) is 4.04. The Labute approximate surface area is 48.7 Å². The van der Waals surface area contributed by atoms with Crippen molar-refractivity contribution < 1.29 is 16.1 Å². The molecule has 0 aliphatic carbocycles. The fraction of sp³-hybridized carbons (Fsp3) is 0.600. The number of Topliss-reactive ketones (excluding diaryl/α,β-unsaturated/α-hetero) is 1. The van der Waals surface area contributed by atoms with Gasteiger partial charge in [0.15, 0.2) is 0 Å². The average Bonchev–Trinajstić information content (AvgIpc) is 1.63. The van der Waals surface area contributed by atoms with E-state index in [1.54, 1.807) is 0 Å². The third kappa shape index (κ3) is 5.14. The highest BCUT2D eigenvalue weighted by Gasteiger charge is 1.97. The second-order valence-electron chi connectivity index (χ2n) is 1.45. The molecule has 0 aromatic rings. The molecule has 1 unspecified atom stereocenters. The lowest BCUT2D eigenvalue weighted by Gasteiger charge is -1.86. The zero-order valence-corrected chi connectivity index (χ0v) is 4.55. The molecular formula is C5H8O3. The maximum absolute atomic E-state index is 10.2. The highest BCUT2D eigenvalue weighted by molar-refractivity contribution is 5.80. The molecule has 0 saturated heterocycles. The summed E-state index contributed by atoms with van der Waals surface area (Å²) in [6.07, 6.45) is -1.49. The summed E-state index contributed by atoms with van der Waals surface area (Å²) in [4.78, 5) is 20.1. The molecule has 0 spiro atoms. The molecule has 0 saturated carbocycles. The van der Waals surface area contributed by atoms with Crippen LogP contribution in [0.2, 0.25) is 0 Å². The largest absolute Gasteiger partial charge is 0.481 e. The first-order valence-corrected chi connectivity index (χ1v) is 2.18. The number of rotatable bonds is 3. The number of hydrogen-bond acceptors (Lipinski definition) is 2. The molecule has 46 valence electrons. The lowest BCUT2D eigenvalue weighted by atomic mass is 10.2. The molecule has 1 atom stereocenters. The van der Waals surface area contributed by atoms with Gasteiger partial charge in [0.1, 0.15) is 5.78 Å². The summed E-state index contributed by atoms with van der Waals surface area (Å²) in [6, 6.07) is 0. The Bertz CT molecular complexity index is 132. The molecule has 0 aliphatic rings. The van der Waals surface area contributed by atoms with Crippen LogP contribution >= 0.6 is 0 Å². The summed E-state index contributed by atoms with van der Waals surface area (Å²) in [7, 11) is 0. The number of carbonyl (C=O) groups excluding carboxylic acids is 1. The second kappa shape index (κ2) is 3.18. The van der Waals surface area contributed by atoms with Gasteiger partial charge in [-0.1, -0.05) is 0 Å². The quantitative estimate of drug-likeness (QED) is 0.585. The van der Waals surface area contributed by atoms with Gasteiger partial charge in [-0.3, -0.25) is 4.79 Å². The zero-order valence-electron chi connectivity index (χ0n) is 5.55. The first kappa shape index (κ1) is 5.28. The maximum Gasteiger partial charge on any atom is 0.303 e. The predicted octanol–water partition coefficient (Wildman–Crippen LogP) is 0.440. The van der Waals surface area contributed by atoms with Crippen LogP contribution in [0.3, 0.4) is 0 Å². The van der Waals surface area contributed by atoms with Crippen molar-refractivity contribution in [2.75, 3.05) is 0 Å².